The van der Waals surface area contributed by atoms with Gasteiger partial charge in [-0.15, -0.1) is 0 Å². The molecule has 0 aliphatic carbocycles. The fourth-order valence-electron chi connectivity index (χ4n) is 4.13. The molecule has 27 heavy (non-hydrogen) atoms. The molecule has 3 rings (SSSR count). The van der Waals surface area contributed by atoms with Gasteiger partial charge in [-0.05, 0) is 52.4 Å². The number of nitrogens with one attached hydrogen (secondary N) is 1. The van der Waals surface area contributed by atoms with E-state index in [1.165, 1.54) is 0 Å². The van der Waals surface area contributed by atoms with Crippen LogP contribution in [0.5, 0.6) is 0 Å². The molecule has 1 atom stereocenters. The molecule has 1 aliphatic rings. The number of fused-ring (bicyclic) bond motifs is 1. The molecule has 1 aromatic heterocycles. The predicted molar refractivity (Wildman–Crippen MR) is 107 cm³/mol. The molecule has 0 radical (unpaired) electrons. The lowest BCUT2D eigenvalue weighted by molar-refractivity contribution is -0.139. The standard InChI is InChI=1S/C21H29N3O3/c1-15-16(20(26)17-7-4-5-8-18(17)22-15)9-10-19(25)24-12-6-11-21(27,14-24)13-23(2)3/h4-5,7-8,27H,6,9-14H2,1-3H3,(H,22,26)/t21-/m0/s1. The summed E-state index contributed by atoms with van der Waals surface area (Å²) < 4.78 is 0. The maximum atomic E-state index is 12.8. The quantitative estimate of drug-likeness (QED) is 0.839. The van der Waals surface area contributed by atoms with Gasteiger partial charge < -0.3 is 19.9 Å². The molecule has 6 heteroatoms. The summed E-state index contributed by atoms with van der Waals surface area (Å²) in [6, 6.07) is 7.44. The van der Waals surface area contributed by atoms with Gasteiger partial charge >= 0.3 is 0 Å². The largest absolute Gasteiger partial charge is 0.387 e. The molecule has 0 unspecified atom stereocenters. The summed E-state index contributed by atoms with van der Waals surface area (Å²) in [5.41, 5.74) is 1.45. The third kappa shape index (κ3) is 4.39. The van der Waals surface area contributed by atoms with Crippen LogP contribution in [0, 0.1) is 6.92 Å². The number of β-amino-alcohol motifs (C(OH)–C–C–N with tert-alkyl or cyclic N) is 1. The van der Waals surface area contributed by atoms with Crippen LogP contribution >= 0.6 is 0 Å². The van der Waals surface area contributed by atoms with E-state index >= 15 is 0 Å². The molecular weight excluding hydrogens is 342 g/mol. The van der Waals surface area contributed by atoms with Gasteiger partial charge in [0, 0.05) is 41.7 Å². The maximum Gasteiger partial charge on any atom is 0.223 e. The molecule has 6 nitrogen and oxygen atoms in total. The van der Waals surface area contributed by atoms with Gasteiger partial charge in [-0.25, -0.2) is 0 Å². The number of para-hydroxylation sites is 1. The molecule has 0 saturated carbocycles. The smallest absolute Gasteiger partial charge is 0.223 e. The monoisotopic (exact) mass is 371 g/mol. The number of aromatic nitrogens is 1. The zero-order valence-electron chi connectivity index (χ0n) is 16.4. The highest BCUT2D eigenvalue weighted by Crippen LogP contribution is 2.23. The van der Waals surface area contributed by atoms with Crippen molar-refractivity contribution in [1.82, 2.24) is 14.8 Å². The van der Waals surface area contributed by atoms with Crippen molar-refractivity contribution in [3.8, 4) is 0 Å². The van der Waals surface area contributed by atoms with E-state index in [1.54, 1.807) is 4.90 Å². The number of amides is 1. The zero-order chi connectivity index (χ0) is 19.6. The second-order valence-corrected chi connectivity index (χ2v) is 7.98. The van der Waals surface area contributed by atoms with Crippen LogP contribution in [-0.4, -0.2) is 65.1 Å². The molecule has 2 aromatic rings. The number of carbonyl (C=O) groups is 1. The summed E-state index contributed by atoms with van der Waals surface area (Å²) in [6.45, 7) is 3.45. The first-order chi connectivity index (χ1) is 12.8. The summed E-state index contributed by atoms with van der Waals surface area (Å²) in [6.07, 6.45) is 2.19. The molecule has 1 saturated heterocycles. The van der Waals surface area contributed by atoms with Crippen molar-refractivity contribution in [3.05, 3.63) is 45.7 Å². The number of likely N-dealkylation sites (N-methyl/N-ethyl adjacent to an activating group) is 1. The van der Waals surface area contributed by atoms with Crippen molar-refractivity contribution in [2.45, 2.75) is 38.2 Å². The number of hydrogen-bond acceptors (Lipinski definition) is 4. The van der Waals surface area contributed by atoms with Crippen molar-refractivity contribution in [2.24, 2.45) is 0 Å². The van der Waals surface area contributed by atoms with Crippen LogP contribution < -0.4 is 5.43 Å². The fourth-order valence-corrected chi connectivity index (χ4v) is 4.13. The Morgan fingerprint density at radius 2 is 2.07 bits per heavy atom. The van der Waals surface area contributed by atoms with Gasteiger partial charge in [-0.2, -0.15) is 0 Å². The van der Waals surface area contributed by atoms with Crippen molar-refractivity contribution < 1.29 is 9.90 Å². The molecular formula is C21H29N3O3. The Balaban J connectivity index is 1.71. The number of benzene rings is 1. The van der Waals surface area contributed by atoms with Crippen LogP contribution in [0.4, 0.5) is 0 Å². The highest BCUT2D eigenvalue weighted by molar-refractivity contribution is 5.80. The number of H-pyrrole nitrogens is 1. The van der Waals surface area contributed by atoms with Gasteiger partial charge in [0.05, 0.1) is 12.1 Å². The molecule has 146 valence electrons. The van der Waals surface area contributed by atoms with E-state index in [-0.39, 0.29) is 17.8 Å². The normalized spacial score (nSPS) is 20.4. The number of aliphatic hydroxyl groups is 1. The first-order valence-electron chi connectivity index (χ1n) is 9.54. The Morgan fingerprint density at radius 1 is 1.33 bits per heavy atom. The summed E-state index contributed by atoms with van der Waals surface area (Å²) in [5.74, 6) is -0.00107. The Kier molecular flexibility index (Phi) is 5.67. The Hall–Kier alpha value is -2.18. The zero-order valence-corrected chi connectivity index (χ0v) is 16.4. The number of aromatic amines is 1. The number of pyridine rings is 1. The van der Waals surface area contributed by atoms with Crippen LogP contribution in [-0.2, 0) is 11.2 Å². The highest BCUT2D eigenvalue weighted by Gasteiger charge is 2.35. The third-order valence-electron chi connectivity index (χ3n) is 5.33. The average molecular weight is 371 g/mol. The number of likely N-dealkylation sites (tertiary alicyclic amines) is 1. The lowest BCUT2D eigenvalue weighted by atomic mass is 9.92. The minimum atomic E-state index is -0.853. The van der Waals surface area contributed by atoms with Gasteiger partial charge in [0.15, 0.2) is 5.43 Å². The summed E-state index contributed by atoms with van der Waals surface area (Å²) in [4.78, 5) is 32.5. The lowest BCUT2D eigenvalue weighted by Gasteiger charge is -2.40. The maximum absolute atomic E-state index is 12.8. The second kappa shape index (κ2) is 7.82. The molecule has 1 aromatic carbocycles. The van der Waals surface area contributed by atoms with E-state index in [2.05, 4.69) is 4.98 Å². The van der Waals surface area contributed by atoms with Crippen molar-refractivity contribution in [2.75, 3.05) is 33.7 Å². The first-order valence-corrected chi connectivity index (χ1v) is 9.54. The highest BCUT2D eigenvalue weighted by atomic mass is 16.3. The first kappa shape index (κ1) is 19.6. The van der Waals surface area contributed by atoms with Crippen molar-refractivity contribution in [3.63, 3.8) is 0 Å². The number of piperidine rings is 1. The van der Waals surface area contributed by atoms with E-state index in [0.29, 0.717) is 43.4 Å². The van der Waals surface area contributed by atoms with E-state index in [1.807, 2.05) is 50.2 Å². The van der Waals surface area contributed by atoms with Gasteiger partial charge in [0.1, 0.15) is 0 Å². The second-order valence-electron chi connectivity index (χ2n) is 7.98. The van der Waals surface area contributed by atoms with E-state index in [9.17, 15) is 14.7 Å². The minimum absolute atomic E-state index is 0.00107. The van der Waals surface area contributed by atoms with Crippen molar-refractivity contribution >= 4 is 16.8 Å². The Morgan fingerprint density at radius 3 is 2.81 bits per heavy atom. The molecule has 2 heterocycles. The summed E-state index contributed by atoms with van der Waals surface area (Å²) in [5, 5.41) is 11.4. The molecule has 0 bridgehead atoms. The molecule has 2 N–H and O–H groups in total. The van der Waals surface area contributed by atoms with Crippen LogP contribution in [0.15, 0.2) is 29.1 Å². The predicted octanol–water partition coefficient (Wildman–Crippen LogP) is 1.68. The van der Waals surface area contributed by atoms with Gasteiger partial charge in [-0.1, -0.05) is 12.1 Å². The minimum Gasteiger partial charge on any atom is -0.387 e. The van der Waals surface area contributed by atoms with Crippen LogP contribution in [0.2, 0.25) is 0 Å². The van der Waals surface area contributed by atoms with Crippen molar-refractivity contribution in [1.29, 1.82) is 0 Å². The van der Waals surface area contributed by atoms with Gasteiger partial charge in [-0.3, -0.25) is 9.59 Å². The number of nitrogens with zero attached hydrogens (tertiary/aromatic N) is 2. The van der Waals surface area contributed by atoms with E-state index in [0.717, 1.165) is 17.6 Å². The van der Waals surface area contributed by atoms with E-state index < -0.39 is 5.60 Å². The number of rotatable bonds is 5. The average Bonchev–Trinajstić information content (AvgIpc) is 2.60. The van der Waals surface area contributed by atoms with Crippen LogP contribution in [0.1, 0.15) is 30.5 Å². The molecule has 1 amide bonds. The molecule has 1 aliphatic heterocycles. The molecule has 0 spiro atoms. The number of hydrogen-bond donors (Lipinski definition) is 2. The summed E-state index contributed by atoms with van der Waals surface area (Å²) in [7, 11) is 3.85. The van der Waals surface area contributed by atoms with Gasteiger partial charge in [0.25, 0.3) is 0 Å². The fraction of sp³-hybridized carbons (Fsp3) is 0.524. The number of aryl methyl sites for hydroxylation is 1. The SMILES string of the molecule is Cc1[nH]c2ccccc2c(=O)c1CCC(=O)N1CCC[C@](O)(CN(C)C)C1. The lowest BCUT2D eigenvalue weighted by Crippen LogP contribution is -2.54. The Bertz CT molecular complexity index is 890. The van der Waals surface area contributed by atoms with E-state index in [4.69, 9.17) is 0 Å². The summed E-state index contributed by atoms with van der Waals surface area (Å²) >= 11 is 0. The van der Waals surface area contributed by atoms with Crippen LogP contribution in [0.3, 0.4) is 0 Å². The third-order valence-corrected chi connectivity index (χ3v) is 5.33. The van der Waals surface area contributed by atoms with Gasteiger partial charge in [0.2, 0.25) is 5.91 Å². The topological polar surface area (TPSA) is 76.6 Å². The number of carbonyl (C=O) groups excluding carboxylic acids is 1. The Labute approximate surface area is 159 Å². The van der Waals surface area contributed by atoms with Crippen LogP contribution in [0.25, 0.3) is 10.9 Å². The molecule has 1 fully saturated rings.